The molecule has 2 aromatic carbocycles. The third kappa shape index (κ3) is 18.4. The van der Waals surface area contributed by atoms with Crippen molar-refractivity contribution < 1.29 is 36.7 Å². The zero-order valence-electron chi connectivity index (χ0n) is 48.5. The van der Waals surface area contributed by atoms with Crippen molar-refractivity contribution in [2.24, 2.45) is 0 Å². The van der Waals surface area contributed by atoms with E-state index in [-0.39, 0.29) is 38.8 Å². The van der Waals surface area contributed by atoms with Gasteiger partial charge < -0.3 is 27.6 Å². The largest absolute Gasteiger partial charge is 0.493 e. The van der Waals surface area contributed by atoms with Gasteiger partial charge in [-0.2, -0.15) is 0 Å². The van der Waals surface area contributed by atoms with Gasteiger partial charge >= 0.3 is 15.2 Å². The summed E-state index contributed by atoms with van der Waals surface area (Å²) in [5, 5.41) is 0. The van der Waals surface area contributed by atoms with E-state index in [0.717, 1.165) is 122 Å². The molecule has 5 heterocycles. The van der Waals surface area contributed by atoms with Crippen molar-refractivity contribution in [1.82, 2.24) is 0 Å². The van der Waals surface area contributed by atoms with Crippen molar-refractivity contribution in [2.75, 3.05) is 39.6 Å². The summed E-state index contributed by atoms with van der Waals surface area (Å²) in [5.41, 5.74) is 5.47. The van der Waals surface area contributed by atoms with E-state index < -0.39 is 15.2 Å². The van der Waals surface area contributed by atoms with Gasteiger partial charge in [0.05, 0.1) is 56.8 Å². The number of unbranched alkanes of at least 4 members (excludes halogenated alkanes) is 12. The Balaban J connectivity index is 1.28. The van der Waals surface area contributed by atoms with E-state index in [0.29, 0.717) is 13.2 Å². The SMILES string of the molecule is CCCCCCCCC#Cc1ccc(-c2ccc(-c3cc(CP(=O)(OCC)OCC)c(-c4ccc(-c5ccc(-c6cc(OCCCCCC)c(-c7ccc(C)s7)cc6OCCCCCC)s5)s4)cc3CP(=O)(OCC)OCC)s2)s1. The van der Waals surface area contributed by atoms with Crippen molar-refractivity contribution in [3.8, 4) is 84.6 Å². The topological polar surface area (TPSA) is 89.5 Å². The molecular formula is C65H84O8P2S5. The average molecular weight is 1220 g/mol. The molecule has 0 aliphatic heterocycles. The van der Waals surface area contributed by atoms with E-state index in [1.165, 1.54) is 67.5 Å². The first-order valence-electron chi connectivity index (χ1n) is 29.3. The first-order valence-corrected chi connectivity index (χ1v) is 36.8. The van der Waals surface area contributed by atoms with E-state index >= 15 is 0 Å². The van der Waals surface area contributed by atoms with E-state index in [4.69, 9.17) is 27.6 Å². The lowest BCUT2D eigenvalue weighted by molar-refractivity contribution is 0.218. The Kier molecular flexibility index (Phi) is 26.4. The molecule has 7 rings (SSSR count). The monoisotopic (exact) mass is 1210 g/mol. The fourth-order valence-electron chi connectivity index (χ4n) is 9.58. The van der Waals surface area contributed by atoms with Gasteiger partial charge in [0.25, 0.3) is 0 Å². The standard InChI is InChI=1S/C65H84O8P2S5/c1-9-16-19-22-23-24-25-26-29-51-31-33-62(77-51)63-37-34-58(78-63)52-42-50(47-75(67,72-14-6)73-15-7)53(43-49(52)46-74(66,70-12-4)71-13-5)59-35-38-64(79-59)65-39-36-61(80-65)55-45-56(68-40-27-20-17-10-2)54(60-32-30-48(8)76-60)44-57(55)69-41-28-21-18-11-3/h30-39,42-45H,9-25,27-28,40-41,46-47H2,1-8H3. The van der Waals surface area contributed by atoms with E-state index in [1.54, 1.807) is 56.7 Å². The van der Waals surface area contributed by atoms with Crippen molar-refractivity contribution in [1.29, 1.82) is 0 Å². The molecule has 0 amide bonds. The molecule has 7 aromatic rings. The van der Waals surface area contributed by atoms with Crippen LogP contribution in [0.25, 0.3) is 61.3 Å². The summed E-state index contributed by atoms with van der Waals surface area (Å²) < 4.78 is 66.6. The summed E-state index contributed by atoms with van der Waals surface area (Å²) in [7, 11) is -7.20. The minimum Gasteiger partial charge on any atom is -0.493 e. The molecule has 0 unspecified atom stereocenters. The summed E-state index contributed by atoms with van der Waals surface area (Å²) in [5.74, 6) is 8.57. The zero-order valence-corrected chi connectivity index (χ0v) is 54.4. The highest BCUT2D eigenvalue weighted by atomic mass is 32.1. The van der Waals surface area contributed by atoms with Crippen LogP contribution in [0.2, 0.25) is 0 Å². The van der Waals surface area contributed by atoms with Gasteiger partial charge in [-0.15, -0.1) is 56.7 Å². The Morgan fingerprint density at radius 1 is 0.400 bits per heavy atom. The summed E-state index contributed by atoms with van der Waals surface area (Å²) in [6, 6.07) is 30.3. The average Bonchev–Trinajstić information content (AvgIpc) is 4.37. The van der Waals surface area contributed by atoms with Gasteiger partial charge in [-0.25, -0.2) is 0 Å². The summed E-state index contributed by atoms with van der Waals surface area (Å²) >= 11 is 8.57. The Bertz CT molecular complexity index is 3150. The smallest absolute Gasteiger partial charge is 0.335 e. The second kappa shape index (κ2) is 33.0. The molecule has 0 saturated carbocycles. The third-order valence-electron chi connectivity index (χ3n) is 13.5. The minimum atomic E-state index is -3.60. The molecule has 0 saturated heterocycles. The van der Waals surface area contributed by atoms with Crippen LogP contribution in [0.3, 0.4) is 0 Å². The Labute approximate surface area is 499 Å². The maximum absolute atomic E-state index is 14.6. The molecule has 0 bridgehead atoms. The van der Waals surface area contributed by atoms with Crippen LogP contribution in [0.5, 0.6) is 11.5 Å². The van der Waals surface area contributed by atoms with Gasteiger partial charge in [-0.05, 0) is 161 Å². The molecule has 432 valence electrons. The molecule has 0 fully saturated rings. The number of rotatable bonds is 36. The van der Waals surface area contributed by atoms with Crippen LogP contribution in [0.1, 0.15) is 166 Å². The second-order valence-corrected chi connectivity index (χ2v) is 29.7. The fraction of sp³-hybridized carbons (Fsp3) is 0.477. The van der Waals surface area contributed by atoms with Gasteiger partial charge in [0.1, 0.15) is 11.5 Å². The second-order valence-electron chi connectivity index (χ2n) is 19.9. The van der Waals surface area contributed by atoms with Crippen LogP contribution in [0.4, 0.5) is 0 Å². The maximum atomic E-state index is 14.6. The van der Waals surface area contributed by atoms with Crippen LogP contribution in [0, 0.1) is 18.8 Å². The third-order valence-corrected chi connectivity index (χ3v) is 23.4. The predicted octanol–water partition coefficient (Wildman–Crippen LogP) is 22.9. The highest BCUT2D eigenvalue weighted by Gasteiger charge is 2.31. The molecule has 0 atom stereocenters. The molecular weight excluding hydrogens is 1130 g/mol. The molecule has 0 spiro atoms. The van der Waals surface area contributed by atoms with Crippen molar-refractivity contribution in [3.63, 3.8) is 0 Å². The fourth-order valence-corrected chi connectivity index (χ4v) is 18.1. The van der Waals surface area contributed by atoms with Crippen molar-refractivity contribution in [3.05, 3.63) is 106 Å². The molecule has 15 heteroatoms. The van der Waals surface area contributed by atoms with Gasteiger partial charge in [-0.1, -0.05) is 103 Å². The van der Waals surface area contributed by atoms with Crippen molar-refractivity contribution in [2.45, 2.75) is 164 Å². The zero-order chi connectivity index (χ0) is 56.7. The molecule has 0 N–H and O–H groups in total. The number of benzene rings is 2. The molecule has 5 aromatic heterocycles. The van der Waals surface area contributed by atoms with Crippen LogP contribution in [-0.4, -0.2) is 39.6 Å². The first-order chi connectivity index (χ1) is 39.0. The number of hydrogen-bond acceptors (Lipinski definition) is 13. The molecule has 80 heavy (non-hydrogen) atoms. The highest BCUT2D eigenvalue weighted by molar-refractivity contribution is 7.53. The molecule has 0 aliphatic rings. The number of thiophene rings is 5. The predicted molar refractivity (Wildman–Crippen MR) is 346 cm³/mol. The van der Waals surface area contributed by atoms with E-state index in [1.807, 2.05) is 27.7 Å². The molecule has 0 aliphatic carbocycles. The molecule has 0 radical (unpaired) electrons. The first kappa shape index (κ1) is 64.0. The maximum Gasteiger partial charge on any atom is 0.335 e. The number of ether oxygens (including phenoxy) is 2. The Morgan fingerprint density at radius 3 is 1.21 bits per heavy atom. The number of hydrogen-bond donors (Lipinski definition) is 0. The highest BCUT2D eigenvalue weighted by Crippen LogP contribution is 2.57. The minimum absolute atomic E-state index is 0.0530. The molecule has 8 nitrogen and oxygen atoms in total. The van der Waals surface area contributed by atoms with Crippen LogP contribution < -0.4 is 9.47 Å². The number of aryl methyl sites for hydroxylation is 1. The van der Waals surface area contributed by atoms with Gasteiger partial charge in [0.2, 0.25) is 0 Å². The summed E-state index contributed by atoms with van der Waals surface area (Å²) in [6.07, 6.45) is 17.5. The Hall–Kier alpha value is -3.60. The lowest BCUT2D eigenvalue weighted by Crippen LogP contribution is -2.04. The quantitative estimate of drug-likeness (QED) is 0.0218. The lowest BCUT2D eigenvalue weighted by atomic mass is 9.98. The lowest BCUT2D eigenvalue weighted by Gasteiger charge is -2.22. The van der Waals surface area contributed by atoms with Crippen LogP contribution in [-0.2, 0) is 39.5 Å². The van der Waals surface area contributed by atoms with E-state index in [9.17, 15) is 9.13 Å². The summed E-state index contributed by atoms with van der Waals surface area (Å²) in [6.45, 7) is 18.5. The van der Waals surface area contributed by atoms with Crippen molar-refractivity contribution >= 4 is 71.9 Å². The van der Waals surface area contributed by atoms with Gasteiger partial charge in [0, 0.05) is 61.4 Å². The van der Waals surface area contributed by atoms with Gasteiger partial charge in [0.15, 0.2) is 0 Å². The van der Waals surface area contributed by atoms with Crippen LogP contribution in [0.15, 0.2) is 84.9 Å². The summed E-state index contributed by atoms with van der Waals surface area (Å²) in [4.78, 5) is 11.0. The van der Waals surface area contributed by atoms with Crippen LogP contribution >= 0.6 is 71.9 Å². The Morgan fingerprint density at radius 2 is 0.775 bits per heavy atom. The van der Waals surface area contributed by atoms with Gasteiger partial charge in [-0.3, -0.25) is 9.13 Å². The van der Waals surface area contributed by atoms with E-state index in [2.05, 4.69) is 124 Å². The normalized spacial score (nSPS) is 11.8.